The zero-order valence-corrected chi connectivity index (χ0v) is 10.6. The number of halogens is 1. The van der Waals surface area contributed by atoms with Crippen molar-refractivity contribution in [3.05, 3.63) is 28.5 Å². The SMILES string of the molecule is Cc1cc(Cl)cc2c(N)c(CC(C)C)oc12. The summed E-state index contributed by atoms with van der Waals surface area (Å²) in [6.45, 7) is 6.27. The van der Waals surface area contributed by atoms with Gasteiger partial charge in [-0.3, -0.25) is 0 Å². The summed E-state index contributed by atoms with van der Waals surface area (Å²) in [5.74, 6) is 1.40. The van der Waals surface area contributed by atoms with Crippen LogP contribution in [0.1, 0.15) is 25.2 Å². The first-order valence-corrected chi connectivity index (χ1v) is 5.84. The molecule has 2 N–H and O–H groups in total. The summed E-state index contributed by atoms with van der Waals surface area (Å²) < 4.78 is 5.81. The van der Waals surface area contributed by atoms with Crippen molar-refractivity contribution in [2.24, 2.45) is 5.92 Å². The third kappa shape index (κ3) is 1.90. The van der Waals surface area contributed by atoms with Gasteiger partial charge in [-0.2, -0.15) is 0 Å². The molecule has 0 amide bonds. The predicted octanol–water partition coefficient (Wildman–Crippen LogP) is 4.18. The van der Waals surface area contributed by atoms with Crippen molar-refractivity contribution in [3.63, 3.8) is 0 Å². The average molecular weight is 238 g/mol. The Kier molecular flexibility index (Phi) is 2.85. The molecule has 0 aliphatic rings. The summed E-state index contributed by atoms with van der Waals surface area (Å²) in [4.78, 5) is 0. The number of nitrogen functional groups attached to an aromatic ring is 1. The fourth-order valence-corrected chi connectivity index (χ4v) is 2.19. The zero-order chi connectivity index (χ0) is 11.9. The van der Waals surface area contributed by atoms with E-state index in [9.17, 15) is 0 Å². The van der Waals surface area contributed by atoms with Crippen molar-refractivity contribution < 1.29 is 4.42 Å². The molecule has 0 aliphatic carbocycles. The van der Waals surface area contributed by atoms with Crippen LogP contribution < -0.4 is 5.73 Å². The van der Waals surface area contributed by atoms with Crippen LogP contribution in [0.4, 0.5) is 5.69 Å². The van der Waals surface area contributed by atoms with Gasteiger partial charge in [-0.1, -0.05) is 25.4 Å². The molecule has 1 aromatic carbocycles. The molecular formula is C13H16ClNO. The highest BCUT2D eigenvalue weighted by Crippen LogP contribution is 2.34. The van der Waals surface area contributed by atoms with Crippen molar-refractivity contribution >= 4 is 28.3 Å². The van der Waals surface area contributed by atoms with Gasteiger partial charge in [-0.05, 0) is 30.5 Å². The van der Waals surface area contributed by atoms with E-state index < -0.39 is 0 Å². The lowest BCUT2D eigenvalue weighted by Crippen LogP contribution is -1.96. The second kappa shape index (κ2) is 4.02. The number of anilines is 1. The maximum atomic E-state index is 6.07. The fourth-order valence-electron chi connectivity index (χ4n) is 1.92. The third-order valence-electron chi connectivity index (χ3n) is 2.65. The average Bonchev–Trinajstić information content (AvgIpc) is 2.45. The Hall–Kier alpha value is -1.15. The summed E-state index contributed by atoms with van der Waals surface area (Å²) >= 11 is 6.01. The minimum absolute atomic E-state index is 0.527. The van der Waals surface area contributed by atoms with Crippen molar-refractivity contribution in [2.75, 3.05) is 5.73 Å². The van der Waals surface area contributed by atoms with Gasteiger partial charge in [-0.25, -0.2) is 0 Å². The third-order valence-corrected chi connectivity index (χ3v) is 2.87. The Balaban J connectivity index is 2.63. The minimum atomic E-state index is 0.527. The van der Waals surface area contributed by atoms with Crippen LogP contribution in [-0.4, -0.2) is 0 Å². The molecule has 2 aromatic rings. The van der Waals surface area contributed by atoms with Crippen molar-refractivity contribution in [3.8, 4) is 0 Å². The highest BCUT2D eigenvalue weighted by atomic mass is 35.5. The first-order chi connectivity index (χ1) is 7.49. The van der Waals surface area contributed by atoms with E-state index in [1.807, 2.05) is 19.1 Å². The number of fused-ring (bicyclic) bond motifs is 1. The van der Waals surface area contributed by atoms with Gasteiger partial charge in [-0.15, -0.1) is 0 Å². The van der Waals surface area contributed by atoms with Gasteiger partial charge in [0.25, 0.3) is 0 Å². The van der Waals surface area contributed by atoms with Crippen molar-refractivity contribution in [1.29, 1.82) is 0 Å². The number of furan rings is 1. The lowest BCUT2D eigenvalue weighted by molar-refractivity contribution is 0.501. The van der Waals surface area contributed by atoms with Crippen LogP contribution in [0.25, 0.3) is 11.0 Å². The molecule has 0 saturated carbocycles. The summed E-state index contributed by atoms with van der Waals surface area (Å²) in [5, 5.41) is 1.63. The number of rotatable bonds is 2. The fraction of sp³-hybridized carbons (Fsp3) is 0.385. The second-order valence-corrected chi connectivity index (χ2v) is 5.07. The molecule has 0 bridgehead atoms. The molecule has 2 rings (SSSR count). The lowest BCUT2D eigenvalue weighted by Gasteiger charge is -2.01. The molecule has 16 heavy (non-hydrogen) atoms. The van der Waals surface area contributed by atoms with E-state index >= 15 is 0 Å². The number of benzene rings is 1. The molecule has 0 aliphatic heterocycles. The van der Waals surface area contributed by atoms with E-state index in [2.05, 4.69) is 13.8 Å². The van der Waals surface area contributed by atoms with Crippen LogP contribution in [0.5, 0.6) is 0 Å². The highest BCUT2D eigenvalue weighted by Gasteiger charge is 2.14. The van der Waals surface area contributed by atoms with Crippen molar-refractivity contribution in [2.45, 2.75) is 27.2 Å². The van der Waals surface area contributed by atoms with E-state index in [0.717, 1.165) is 34.4 Å². The van der Waals surface area contributed by atoms with Crippen LogP contribution in [0.3, 0.4) is 0 Å². The van der Waals surface area contributed by atoms with Crippen molar-refractivity contribution in [1.82, 2.24) is 0 Å². The Bertz CT molecular complexity index is 528. The first kappa shape index (κ1) is 11.3. The predicted molar refractivity (Wildman–Crippen MR) is 68.9 cm³/mol. The van der Waals surface area contributed by atoms with Crippen LogP contribution in [0, 0.1) is 12.8 Å². The van der Waals surface area contributed by atoms with E-state index in [0.29, 0.717) is 10.9 Å². The number of nitrogens with two attached hydrogens (primary N) is 1. The molecule has 86 valence electrons. The molecule has 0 saturated heterocycles. The molecule has 0 fully saturated rings. The van der Waals surface area contributed by atoms with Crippen LogP contribution in [-0.2, 0) is 6.42 Å². The van der Waals surface area contributed by atoms with Gasteiger partial charge in [0.05, 0.1) is 5.69 Å². The molecular weight excluding hydrogens is 222 g/mol. The summed E-state index contributed by atoms with van der Waals surface area (Å²) in [6.07, 6.45) is 0.859. The number of hydrogen-bond donors (Lipinski definition) is 1. The summed E-state index contributed by atoms with van der Waals surface area (Å²) in [7, 11) is 0. The van der Waals surface area contributed by atoms with Gasteiger partial charge in [0.2, 0.25) is 0 Å². The zero-order valence-electron chi connectivity index (χ0n) is 9.80. The minimum Gasteiger partial charge on any atom is -0.459 e. The lowest BCUT2D eigenvalue weighted by atomic mass is 10.1. The van der Waals surface area contributed by atoms with Crippen LogP contribution in [0.15, 0.2) is 16.5 Å². The van der Waals surface area contributed by atoms with Gasteiger partial charge in [0, 0.05) is 16.8 Å². The highest BCUT2D eigenvalue weighted by molar-refractivity contribution is 6.31. The Labute approximate surface area is 100 Å². The topological polar surface area (TPSA) is 39.2 Å². The van der Waals surface area contributed by atoms with Gasteiger partial charge in [0.1, 0.15) is 11.3 Å². The second-order valence-electron chi connectivity index (χ2n) is 4.64. The Morgan fingerprint density at radius 1 is 1.38 bits per heavy atom. The standard InChI is InChI=1S/C13H16ClNO/c1-7(2)4-11-12(15)10-6-9(14)5-8(3)13(10)16-11/h5-7H,4,15H2,1-3H3. The van der Waals surface area contributed by atoms with Gasteiger partial charge in [0.15, 0.2) is 0 Å². The molecule has 2 nitrogen and oxygen atoms in total. The number of aryl methyl sites for hydroxylation is 1. The maximum Gasteiger partial charge on any atom is 0.139 e. The van der Waals surface area contributed by atoms with Crippen LogP contribution >= 0.6 is 11.6 Å². The van der Waals surface area contributed by atoms with E-state index in [1.165, 1.54) is 0 Å². The molecule has 0 unspecified atom stereocenters. The largest absolute Gasteiger partial charge is 0.459 e. The molecule has 0 spiro atoms. The molecule has 3 heteroatoms. The summed E-state index contributed by atoms with van der Waals surface area (Å²) in [6, 6.07) is 3.76. The Morgan fingerprint density at radius 3 is 2.69 bits per heavy atom. The molecule has 0 atom stereocenters. The smallest absolute Gasteiger partial charge is 0.139 e. The number of hydrogen-bond acceptors (Lipinski definition) is 2. The molecule has 1 heterocycles. The Morgan fingerprint density at radius 2 is 2.06 bits per heavy atom. The van der Waals surface area contributed by atoms with Crippen LogP contribution in [0.2, 0.25) is 5.02 Å². The van der Waals surface area contributed by atoms with E-state index in [4.69, 9.17) is 21.8 Å². The van der Waals surface area contributed by atoms with Gasteiger partial charge >= 0.3 is 0 Å². The van der Waals surface area contributed by atoms with Gasteiger partial charge < -0.3 is 10.2 Å². The maximum absolute atomic E-state index is 6.07. The molecule has 0 radical (unpaired) electrons. The normalized spacial score (nSPS) is 11.6. The van der Waals surface area contributed by atoms with E-state index in [-0.39, 0.29) is 0 Å². The first-order valence-electron chi connectivity index (χ1n) is 5.46. The monoisotopic (exact) mass is 237 g/mol. The molecule has 1 aromatic heterocycles. The van der Waals surface area contributed by atoms with E-state index in [1.54, 1.807) is 0 Å². The summed E-state index contributed by atoms with van der Waals surface area (Å²) in [5.41, 5.74) is 8.69. The quantitative estimate of drug-likeness (QED) is 0.851.